The van der Waals surface area contributed by atoms with Crippen molar-refractivity contribution in [2.75, 3.05) is 12.3 Å². The maximum absolute atomic E-state index is 4.88. The average Bonchev–Trinajstić information content (AvgIpc) is 3.16. The van der Waals surface area contributed by atoms with Crippen LogP contribution in [0.3, 0.4) is 0 Å². The van der Waals surface area contributed by atoms with Gasteiger partial charge in [0, 0.05) is 36.1 Å². The Hall–Kier alpha value is -1.17. The van der Waals surface area contributed by atoms with Gasteiger partial charge in [0.25, 0.3) is 0 Å². The molecule has 2 rings (SSSR count). The monoisotopic (exact) mass is 365 g/mol. The average molecular weight is 366 g/mol. The standard InChI is InChI=1S/C19H35N5S/c1-6-17-16(18(7-2)24(5)23-17)13-21-19(20-8-3)22-14-10-11-15(12-14)25-9-4/h14-15H,6-13H2,1-5H3,(H2,20,21,22). The smallest absolute Gasteiger partial charge is 0.191 e. The van der Waals surface area contributed by atoms with Crippen LogP contribution in [0, 0.1) is 0 Å². The van der Waals surface area contributed by atoms with Crippen molar-refractivity contribution in [1.82, 2.24) is 20.4 Å². The van der Waals surface area contributed by atoms with E-state index in [2.05, 4.69) is 55.2 Å². The van der Waals surface area contributed by atoms with Crippen LogP contribution in [-0.2, 0) is 26.4 Å². The molecule has 0 amide bonds. The lowest BCUT2D eigenvalue weighted by Crippen LogP contribution is -2.42. The zero-order valence-electron chi connectivity index (χ0n) is 16.6. The number of thioether (sulfide) groups is 1. The molecule has 1 fully saturated rings. The van der Waals surface area contributed by atoms with Crippen molar-refractivity contribution in [3.8, 4) is 0 Å². The van der Waals surface area contributed by atoms with Gasteiger partial charge in [-0.05, 0) is 44.8 Å². The van der Waals surface area contributed by atoms with E-state index in [0.717, 1.165) is 30.6 Å². The van der Waals surface area contributed by atoms with Gasteiger partial charge in [-0.3, -0.25) is 4.68 Å². The van der Waals surface area contributed by atoms with Crippen molar-refractivity contribution in [1.29, 1.82) is 0 Å². The number of nitrogens with zero attached hydrogens (tertiary/aromatic N) is 3. The molecule has 0 aliphatic heterocycles. The first-order valence-corrected chi connectivity index (χ1v) is 10.9. The molecule has 2 unspecified atom stereocenters. The summed E-state index contributed by atoms with van der Waals surface area (Å²) >= 11 is 2.09. The molecule has 6 heteroatoms. The van der Waals surface area contributed by atoms with Crippen LogP contribution < -0.4 is 10.6 Å². The van der Waals surface area contributed by atoms with E-state index in [4.69, 9.17) is 4.99 Å². The summed E-state index contributed by atoms with van der Waals surface area (Å²) in [5.74, 6) is 2.16. The largest absolute Gasteiger partial charge is 0.357 e. The fourth-order valence-corrected chi connectivity index (χ4v) is 4.84. The number of guanidine groups is 1. The summed E-state index contributed by atoms with van der Waals surface area (Å²) in [5.41, 5.74) is 3.78. The molecule has 1 aliphatic carbocycles. The molecule has 0 spiro atoms. The number of aromatic nitrogens is 2. The summed E-state index contributed by atoms with van der Waals surface area (Å²) in [6.45, 7) is 10.3. The third kappa shape index (κ3) is 5.40. The van der Waals surface area contributed by atoms with E-state index in [9.17, 15) is 0 Å². The van der Waals surface area contributed by atoms with Crippen LogP contribution >= 0.6 is 11.8 Å². The summed E-state index contributed by atoms with van der Waals surface area (Å²) in [6, 6.07) is 0.548. The molecule has 0 saturated heterocycles. The predicted molar refractivity (Wildman–Crippen MR) is 109 cm³/mol. The van der Waals surface area contributed by atoms with Crippen molar-refractivity contribution < 1.29 is 0 Å². The molecule has 1 heterocycles. The maximum Gasteiger partial charge on any atom is 0.191 e. The minimum Gasteiger partial charge on any atom is -0.357 e. The molecule has 0 bridgehead atoms. The van der Waals surface area contributed by atoms with E-state index >= 15 is 0 Å². The van der Waals surface area contributed by atoms with Crippen LogP contribution in [0.15, 0.2) is 4.99 Å². The molecule has 25 heavy (non-hydrogen) atoms. The highest BCUT2D eigenvalue weighted by Gasteiger charge is 2.25. The molecule has 1 aromatic heterocycles. The van der Waals surface area contributed by atoms with Gasteiger partial charge >= 0.3 is 0 Å². The van der Waals surface area contributed by atoms with E-state index in [1.165, 1.54) is 42.0 Å². The highest BCUT2D eigenvalue weighted by atomic mass is 32.2. The van der Waals surface area contributed by atoms with Crippen molar-refractivity contribution in [3.05, 3.63) is 17.0 Å². The van der Waals surface area contributed by atoms with E-state index in [1.807, 2.05) is 11.7 Å². The van der Waals surface area contributed by atoms with Gasteiger partial charge in [-0.1, -0.05) is 20.8 Å². The molecule has 2 atom stereocenters. The minimum atomic E-state index is 0.548. The topological polar surface area (TPSA) is 54.2 Å². The molecule has 5 nitrogen and oxygen atoms in total. The molecule has 0 radical (unpaired) electrons. The number of hydrogen-bond acceptors (Lipinski definition) is 3. The Morgan fingerprint density at radius 1 is 1.24 bits per heavy atom. The first kappa shape index (κ1) is 20.1. The Morgan fingerprint density at radius 2 is 2.04 bits per heavy atom. The van der Waals surface area contributed by atoms with Gasteiger partial charge in [0.2, 0.25) is 0 Å². The zero-order chi connectivity index (χ0) is 18.2. The van der Waals surface area contributed by atoms with Gasteiger partial charge in [0.15, 0.2) is 5.96 Å². The summed E-state index contributed by atoms with van der Waals surface area (Å²) in [6.07, 6.45) is 5.77. The second-order valence-corrected chi connectivity index (χ2v) is 8.21. The molecule has 0 aromatic carbocycles. The SMILES string of the molecule is CCNC(=NCc1c(CC)nn(C)c1CC)NC1CCC(SCC)C1. The normalized spacial score (nSPS) is 20.9. The third-order valence-corrected chi connectivity index (χ3v) is 6.13. The molecular weight excluding hydrogens is 330 g/mol. The van der Waals surface area contributed by atoms with E-state index in [0.29, 0.717) is 12.6 Å². The van der Waals surface area contributed by atoms with Gasteiger partial charge in [0.1, 0.15) is 0 Å². The van der Waals surface area contributed by atoms with E-state index in [1.54, 1.807) is 0 Å². The lowest BCUT2D eigenvalue weighted by atomic mass is 10.1. The number of hydrogen-bond donors (Lipinski definition) is 2. The summed E-state index contributed by atoms with van der Waals surface area (Å²) in [7, 11) is 2.04. The molecule has 1 aliphatic rings. The second kappa shape index (κ2) is 10.1. The van der Waals surface area contributed by atoms with Crippen LogP contribution in [0.2, 0.25) is 0 Å². The van der Waals surface area contributed by atoms with Gasteiger partial charge in [-0.15, -0.1) is 0 Å². The summed E-state index contributed by atoms with van der Waals surface area (Å²) in [4.78, 5) is 4.88. The highest BCUT2D eigenvalue weighted by Crippen LogP contribution is 2.29. The lowest BCUT2D eigenvalue weighted by molar-refractivity contribution is 0.614. The first-order chi connectivity index (χ1) is 12.1. The maximum atomic E-state index is 4.88. The third-order valence-electron chi connectivity index (χ3n) is 4.90. The van der Waals surface area contributed by atoms with Crippen LogP contribution in [0.1, 0.15) is 63.9 Å². The Morgan fingerprint density at radius 3 is 2.68 bits per heavy atom. The fourth-order valence-electron chi connectivity index (χ4n) is 3.70. The van der Waals surface area contributed by atoms with Gasteiger partial charge < -0.3 is 10.6 Å². The van der Waals surface area contributed by atoms with Crippen molar-refractivity contribution >= 4 is 17.7 Å². The van der Waals surface area contributed by atoms with Gasteiger partial charge in [-0.2, -0.15) is 16.9 Å². The minimum absolute atomic E-state index is 0.548. The Labute approximate surface area is 157 Å². The first-order valence-electron chi connectivity index (χ1n) is 9.82. The van der Waals surface area contributed by atoms with Gasteiger partial charge in [0.05, 0.1) is 12.2 Å². The molecule has 2 N–H and O–H groups in total. The molecule has 1 aromatic rings. The lowest BCUT2D eigenvalue weighted by Gasteiger charge is -2.17. The van der Waals surface area contributed by atoms with Crippen LogP contribution in [0.25, 0.3) is 0 Å². The van der Waals surface area contributed by atoms with Gasteiger partial charge in [-0.25, -0.2) is 4.99 Å². The van der Waals surface area contributed by atoms with E-state index < -0.39 is 0 Å². The highest BCUT2D eigenvalue weighted by molar-refractivity contribution is 7.99. The van der Waals surface area contributed by atoms with E-state index in [-0.39, 0.29) is 0 Å². The Balaban J connectivity index is 2.05. The zero-order valence-corrected chi connectivity index (χ0v) is 17.4. The molecular formula is C19H35N5S. The van der Waals surface area contributed by atoms with Crippen molar-refractivity contribution in [2.45, 2.75) is 77.6 Å². The van der Waals surface area contributed by atoms with Crippen LogP contribution in [0.5, 0.6) is 0 Å². The Kier molecular flexibility index (Phi) is 8.13. The number of rotatable bonds is 8. The molecule has 1 saturated carbocycles. The van der Waals surface area contributed by atoms with Crippen LogP contribution in [-0.4, -0.2) is 39.3 Å². The van der Waals surface area contributed by atoms with Crippen molar-refractivity contribution in [3.63, 3.8) is 0 Å². The number of aryl methyl sites for hydroxylation is 2. The van der Waals surface area contributed by atoms with Crippen LogP contribution in [0.4, 0.5) is 0 Å². The summed E-state index contributed by atoms with van der Waals surface area (Å²) in [5, 5.41) is 12.5. The molecule has 142 valence electrons. The fraction of sp³-hybridized carbons (Fsp3) is 0.789. The quantitative estimate of drug-likeness (QED) is 0.548. The number of nitrogens with one attached hydrogen (secondary N) is 2. The second-order valence-electron chi connectivity index (χ2n) is 6.63. The summed E-state index contributed by atoms with van der Waals surface area (Å²) < 4.78 is 2.02. The Bertz CT molecular complexity index is 566. The predicted octanol–water partition coefficient (Wildman–Crippen LogP) is 3.27. The number of aliphatic imine (C=N–C) groups is 1. The van der Waals surface area contributed by atoms with Crippen molar-refractivity contribution in [2.24, 2.45) is 12.0 Å².